The standard InChI is InChI=1S/C13H14ClNO2/c1-7(2)15-11-10(14)12(16)8-5-3-4-6-9(8)13(11)17/h3-9,15H,1-2H3. The number of hydrogen-bond donors (Lipinski definition) is 1. The van der Waals surface area contributed by atoms with Crippen molar-refractivity contribution in [2.45, 2.75) is 19.9 Å². The maximum absolute atomic E-state index is 12.2. The summed E-state index contributed by atoms with van der Waals surface area (Å²) < 4.78 is 0. The second-order valence-electron chi connectivity index (χ2n) is 4.54. The van der Waals surface area contributed by atoms with Gasteiger partial charge in [0, 0.05) is 6.04 Å². The average molecular weight is 252 g/mol. The van der Waals surface area contributed by atoms with Crippen molar-refractivity contribution >= 4 is 23.2 Å². The Morgan fingerprint density at radius 1 is 1.12 bits per heavy atom. The van der Waals surface area contributed by atoms with E-state index in [9.17, 15) is 9.59 Å². The third kappa shape index (κ3) is 2.07. The lowest BCUT2D eigenvalue weighted by Gasteiger charge is -2.29. The Morgan fingerprint density at radius 2 is 1.65 bits per heavy atom. The van der Waals surface area contributed by atoms with Crippen molar-refractivity contribution < 1.29 is 9.59 Å². The monoisotopic (exact) mass is 251 g/mol. The Hall–Kier alpha value is -1.35. The maximum atomic E-state index is 12.2. The number of carbonyl (C=O) groups excluding carboxylic acids is 2. The smallest absolute Gasteiger partial charge is 0.188 e. The van der Waals surface area contributed by atoms with Crippen molar-refractivity contribution in [3.63, 3.8) is 0 Å². The van der Waals surface area contributed by atoms with Crippen LogP contribution in [0, 0.1) is 11.8 Å². The van der Waals surface area contributed by atoms with Crippen LogP contribution < -0.4 is 5.32 Å². The predicted octanol–water partition coefficient (Wildman–Crippen LogP) is 1.94. The number of nitrogens with one attached hydrogen (secondary N) is 1. The first-order chi connectivity index (χ1) is 8.02. The van der Waals surface area contributed by atoms with Gasteiger partial charge in [-0.15, -0.1) is 0 Å². The first-order valence-electron chi connectivity index (χ1n) is 5.62. The minimum atomic E-state index is -0.433. The summed E-state index contributed by atoms with van der Waals surface area (Å²) in [5.41, 5.74) is 0.257. The minimum Gasteiger partial charge on any atom is -0.379 e. The Kier molecular flexibility index (Phi) is 3.20. The fourth-order valence-corrected chi connectivity index (χ4v) is 2.35. The molecule has 90 valence electrons. The Bertz CT molecular complexity index is 460. The van der Waals surface area contributed by atoms with Crippen molar-refractivity contribution in [3.8, 4) is 0 Å². The zero-order valence-electron chi connectivity index (χ0n) is 9.74. The molecule has 3 nitrogen and oxygen atoms in total. The van der Waals surface area contributed by atoms with Gasteiger partial charge in [-0.2, -0.15) is 0 Å². The largest absolute Gasteiger partial charge is 0.379 e. The van der Waals surface area contributed by atoms with Gasteiger partial charge in [0.1, 0.15) is 10.7 Å². The number of fused-ring (bicyclic) bond motifs is 1. The summed E-state index contributed by atoms with van der Waals surface area (Å²) in [5, 5.41) is 3.00. The van der Waals surface area contributed by atoms with Gasteiger partial charge in [-0.1, -0.05) is 35.9 Å². The van der Waals surface area contributed by atoms with Gasteiger partial charge in [-0.3, -0.25) is 9.59 Å². The highest BCUT2D eigenvalue weighted by Crippen LogP contribution is 2.33. The van der Waals surface area contributed by atoms with Crippen LogP contribution in [0.4, 0.5) is 0 Å². The van der Waals surface area contributed by atoms with Gasteiger partial charge in [-0.05, 0) is 13.8 Å². The molecular formula is C13H14ClNO2. The molecule has 0 spiro atoms. The van der Waals surface area contributed by atoms with E-state index >= 15 is 0 Å². The third-order valence-electron chi connectivity index (χ3n) is 2.86. The minimum absolute atomic E-state index is 0.0323. The molecule has 2 atom stereocenters. The van der Waals surface area contributed by atoms with Crippen molar-refractivity contribution in [2.24, 2.45) is 11.8 Å². The molecule has 0 radical (unpaired) electrons. The highest BCUT2D eigenvalue weighted by molar-refractivity contribution is 6.46. The summed E-state index contributed by atoms with van der Waals surface area (Å²) in [5.74, 6) is -1.12. The molecule has 1 N–H and O–H groups in total. The van der Waals surface area contributed by atoms with Crippen LogP contribution >= 0.6 is 11.6 Å². The highest BCUT2D eigenvalue weighted by Gasteiger charge is 2.40. The van der Waals surface area contributed by atoms with Gasteiger partial charge in [0.2, 0.25) is 0 Å². The number of rotatable bonds is 2. The molecular weight excluding hydrogens is 238 g/mol. The lowest BCUT2D eigenvalue weighted by Crippen LogP contribution is -2.41. The van der Waals surface area contributed by atoms with Gasteiger partial charge < -0.3 is 5.32 Å². The molecule has 2 aliphatic carbocycles. The van der Waals surface area contributed by atoms with E-state index in [1.807, 2.05) is 13.8 Å². The molecule has 0 aromatic carbocycles. The van der Waals surface area contributed by atoms with Crippen molar-refractivity contribution in [2.75, 3.05) is 0 Å². The van der Waals surface area contributed by atoms with Gasteiger partial charge >= 0.3 is 0 Å². The normalized spacial score (nSPS) is 27.8. The van der Waals surface area contributed by atoms with E-state index in [2.05, 4.69) is 5.32 Å². The van der Waals surface area contributed by atoms with Crippen LogP contribution in [0.2, 0.25) is 0 Å². The molecule has 0 saturated carbocycles. The van der Waals surface area contributed by atoms with Gasteiger partial charge in [0.05, 0.1) is 11.8 Å². The van der Waals surface area contributed by atoms with E-state index < -0.39 is 11.8 Å². The van der Waals surface area contributed by atoms with Crippen molar-refractivity contribution in [1.82, 2.24) is 5.32 Å². The molecule has 2 rings (SSSR count). The topological polar surface area (TPSA) is 46.2 Å². The Morgan fingerprint density at radius 3 is 2.18 bits per heavy atom. The summed E-state index contributed by atoms with van der Waals surface area (Å²) in [7, 11) is 0. The highest BCUT2D eigenvalue weighted by atomic mass is 35.5. The molecule has 0 bridgehead atoms. The molecule has 0 aliphatic heterocycles. The van der Waals surface area contributed by atoms with Crippen LogP contribution in [0.5, 0.6) is 0 Å². The van der Waals surface area contributed by atoms with Crippen LogP contribution in [0.25, 0.3) is 0 Å². The van der Waals surface area contributed by atoms with Crippen molar-refractivity contribution in [1.29, 1.82) is 0 Å². The number of hydrogen-bond acceptors (Lipinski definition) is 3. The molecule has 0 saturated heterocycles. The van der Waals surface area contributed by atoms with Gasteiger partial charge in [-0.25, -0.2) is 0 Å². The van der Waals surface area contributed by atoms with Gasteiger partial charge in [0.25, 0.3) is 0 Å². The fraction of sp³-hybridized carbons (Fsp3) is 0.385. The van der Waals surface area contributed by atoms with Crippen LogP contribution in [0.3, 0.4) is 0 Å². The lowest BCUT2D eigenvalue weighted by atomic mass is 9.77. The number of Topliss-reactive ketones (excluding diaryl/α,β-unsaturated/α-hetero) is 2. The van der Waals surface area contributed by atoms with Crippen LogP contribution in [-0.2, 0) is 9.59 Å². The Labute approximate surface area is 105 Å². The molecule has 0 heterocycles. The SMILES string of the molecule is CC(C)NC1=C(Cl)C(=O)C2C=CC=CC2C1=O. The van der Waals surface area contributed by atoms with E-state index in [4.69, 9.17) is 11.6 Å². The molecule has 0 amide bonds. The number of halogens is 1. The first kappa shape index (κ1) is 12.1. The quantitative estimate of drug-likeness (QED) is 0.816. The summed E-state index contributed by atoms with van der Waals surface area (Å²) >= 11 is 5.98. The van der Waals surface area contributed by atoms with Gasteiger partial charge in [0.15, 0.2) is 11.6 Å². The predicted molar refractivity (Wildman–Crippen MR) is 66.4 cm³/mol. The number of allylic oxidation sites excluding steroid dienone is 6. The average Bonchev–Trinajstić information content (AvgIpc) is 2.31. The molecule has 0 fully saturated rings. The van der Waals surface area contributed by atoms with E-state index in [1.54, 1.807) is 24.3 Å². The van der Waals surface area contributed by atoms with E-state index in [-0.39, 0.29) is 28.3 Å². The Balaban J connectivity index is 2.41. The van der Waals surface area contributed by atoms with Crippen LogP contribution in [0.1, 0.15) is 13.8 Å². The zero-order valence-corrected chi connectivity index (χ0v) is 10.5. The second-order valence-corrected chi connectivity index (χ2v) is 4.92. The first-order valence-corrected chi connectivity index (χ1v) is 6.00. The lowest BCUT2D eigenvalue weighted by molar-refractivity contribution is -0.127. The van der Waals surface area contributed by atoms with Crippen LogP contribution in [-0.4, -0.2) is 17.6 Å². The second kappa shape index (κ2) is 4.49. The molecule has 4 heteroatoms. The summed E-state index contributed by atoms with van der Waals surface area (Å²) in [6.45, 7) is 3.80. The van der Waals surface area contributed by atoms with Crippen LogP contribution in [0.15, 0.2) is 35.0 Å². The third-order valence-corrected chi connectivity index (χ3v) is 3.23. The van der Waals surface area contributed by atoms with E-state index in [0.29, 0.717) is 0 Å². The van der Waals surface area contributed by atoms with E-state index in [0.717, 1.165) is 0 Å². The number of ketones is 2. The molecule has 0 aromatic rings. The molecule has 2 aliphatic rings. The zero-order chi connectivity index (χ0) is 12.6. The maximum Gasteiger partial charge on any atom is 0.188 e. The molecule has 2 unspecified atom stereocenters. The summed E-state index contributed by atoms with van der Waals surface area (Å²) in [6.07, 6.45) is 7.06. The molecule has 0 aromatic heterocycles. The number of carbonyl (C=O) groups is 2. The summed E-state index contributed by atoms with van der Waals surface area (Å²) in [6, 6.07) is 0.0650. The van der Waals surface area contributed by atoms with E-state index in [1.165, 1.54) is 0 Å². The summed E-state index contributed by atoms with van der Waals surface area (Å²) in [4.78, 5) is 24.2. The van der Waals surface area contributed by atoms with Crippen molar-refractivity contribution in [3.05, 3.63) is 35.0 Å². The fourth-order valence-electron chi connectivity index (χ4n) is 2.08. The molecule has 17 heavy (non-hydrogen) atoms.